The Balaban J connectivity index is 1.36. The Morgan fingerprint density at radius 2 is 1.65 bits per heavy atom. The van der Waals surface area contributed by atoms with Crippen LogP contribution in [0, 0.1) is 0 Å². The lowest BCUT2D eigenvalue weighted by Crippen LogP contribution is -2.18. The molecule has 0 unspecified atom stereocenters. The molecule has 1 N–H and O–H groups in total. The lowest BCUT2D eigenvalue weighted by Gasteiger charge is -2.19. The highest BCUT2D eigenvalue weighted by molar-refractivity contribution is 5.45. The fourth-order valence-electron chi connectivity index (χ4n) is 3.92. The minimum Gasteiger partial charge on any atom is -0.491 e. The molecule has 0 amide bonds. The molecular formula is C27H31NO3. The van der Waals surface area contributed by atoms with Gasteiger partial charge >= 0.3 is 0 Å². The molecule has 1 heterocycles. The van der Waals surface area contributed by atoms with Gasteiger partial charge in [0.25, 0.3) is 0 Å². The van der Waals surface area contributed by atoms with Crippen molar-refractivity contribution in [2.75, 3.05) is 13.3 Å². The summed E-state index contributed by atoms with van der Waals surface area (Å²) in [6, 6.07) is 25.4. The Bertz CT molecular complexity index is 954. The minimum absolute atomic E-state index is 0.196. The predicted molar refractivity (Wildman–Crippen MR) is 124 cm³/mol. The largest absolute Gasteiger partial charge is 0.491 e. The maximum Gasteiger partial charge on any atom is 0.231 e. The third kappa shape index (κ3) is 6.02. The van der Waals surface area contributed by atoms with Gasteiger partial charge in [-0.1, -0.05) is 48.5 Å². The van der Waals surface area contributed by atoms with Crippen LogP contribution < -0.4 is 19.5 Å². The summed E-state index contributed by atoms with van der Waals surface area (Å²) in [5, 5.41) is 3.60. The molecule has 0 bridgehead atoms. The van der Waals surface area contributed by atoms with Crippen LogP contribution in [0.4, 0.5) is 0 Å². The maximum absolute atomic E-state index is 5.72. The molecule has 162 valence electrons. The van der Waals surface area contributed by atoms with Gasteiger partial charge in [0, 0.05) is 6.54 Å². The van der Waals surface area contributed by atoms with Gasteiger partial charge in [-0.25, -0.2) is 0 Å². The van der Waals surface area contributed by atoms with E-state index in [1.165, 1.54) is 16.7 Å². The molecule has 1 aliphatic rings. The summed E-state index contributed by atoms with van der Waals surface area (Å²) in [5.41, 5.74) is 3.91. The van der Waals surface area contributed by atoms with Crippen molar-refractivity contribution in [3.63, 3.8) is 0 Å². The summed E-state index contributed by atoms with van der Waals surface area (Å²) in [5.74, 6) is 3.02. The van der Waals surface area contributed by atoms with E-state index >= 15 is 0 Å². The van der Waals surface area contributed by atoms with E-state index in [4.69, 9.17) is 14.2 Å². The summed E-state index contributed by atoms with van der Waals surface area (Å²) < 4.78 is 16.8. The first kappa shape index (κ1) is 21.3. The standard InChI is InChI=1S/C27H31NO3/c1-20(2)31-25-11-8-22(9-12-25)18-28-15-14-24(16-21-6-4-3-5-7-21)23-10-13-26-27(17-23)30-19-29-26/h3-13,17,20,24,28H,14-16,18-19H2,1-2H3/t24-/m1/s1. The molecule has 4 heteroatoms. The lowest BCUT2D eigenvalue weighted by atomic mass is 9.89. The molecule has 1 atom stereocenters. The van der Waals surface area contributed by atoms with Gasteiger partial charge in [0.15, 0.2) is 11.5 Å². The van der Waals surface area contributed by atoms with Crippen LogP contribution in [-0.2, 0) is 13.0 Å². The van der Waals surface area contributed by atoms with E-state index in [1.54, 1.807) is 0 Å². The van der Waals surface area contributed by atoms with E-state index < -0.39 is 0 Å². The first-order valence-corrected chi connectivity index (χ1v) is 11.1. The van der Waals surface area contributed by atoms with Crippen LogP contribution in [0.1, 0.15) is 42.9 Å². The second-order valence-electron chi connectivity index (χ2n) is 8.28. The van der Waals surface area contributed by atoms with Crippen molar-refractivity contribution in [3.8, 4) is 17.2 Å². The number of fused-ring (bicyclic) bond motifs is 1. The monoisotopic (exact) mass is 417 g/mol. The summed E-state index contributed by atoms with van der Waals surface area (Å²) in [6.07, 6.45) is 2.24. The summed E-state index contributed by atoms with van der Waals surface area (Å²) in [6.45, 7) is 6.19. The van der Waals surface area contributed by atoms with E-state index in [0.717, 1.165) is 43.2 Å². The quantitative estimate of drug-likeness (QED) is 0.429. The Morgan fingerprint density at radius 1 is 0.871 bits per heavy atom. The van der Waals surface area contributed by atoms with E-state index in [-0.39, 0.29) is 6.10 Å². The van der Waals surface area contributed by atoms with Gasteiger partial charge in [-0.3, -0.25) is 0 Å². The van der Waals surface area contributed by atoms with Crippen molar-refractivity contribution in [2.45, 2.75) is 45.3 Å². The first-order valence-electron chi connectivity index (χ1n) is 11.1. The molecule has 3 aromatic carbocycles. The van der Waals surface area contributed by atoms with E-state index in [9.17, 15) is 0 Å². The average molecular weight is 418 g/mol. The number of ether oxygens (including phenoxy) is 3. The zero-order valence-electron chi connectivity index (χ0n) is 18.3. The van der Waals surface area contributed by atoms with Crippen LogP contribution in [0.3, 0.4) is 0 Å². The number of hydrogen-bond donors (Lipinski definition) is 1. The molecule has 4 rings (SSSR count). The van der Waals surface area contributed by atoms with Crippen LogP contribution >= 0.6 is 0 Å². The molecule has 4 nitrogen and oxygen atoms in total. The second-order valence-corrected chi connectivity index (χ2v) is 8.28. The van der Waals surface area contributed by atoms with Gasteiger partial charge in [-0.05, 0) is 80.1 Å². The van der Waals surface area contributed by atoms with E-state index in [0.29, 0.717) is 12.7 Å². The number of hydrogen-bond acceptors (Lipinski definition) is 4. The van der Waals surface area contributed by atoms with Gasteiger partial charge in [0.05, 0.1) is 6.10 Å². The Morgan fingerprint density at radius 3 is 2.42 bits per heavy atom. The number of nitrogens with one attached hydrogen (secondary N) is 1. The van der Waals surface area contributed by atoms with Crippen molar-refractivity contribution in [1.29, 1.82) is 0 Å². The topological polar surface area (TPSA) is 39.7 Å². The zero-order valence-corrected chi connectivity index (χ0v) is 18.3. The van der Waals surface area contributed by atoms with Gasteiger partial charge < -0.3 is 19.5 Å². The SMILES string of the molecule is CC(C)Oc1ccc(CNCC[C@H](Cc2ccccc2)c2ccc3c(c2)OCO3)cc1. The minimum atomic E-state index is 0.196. The lowest BCUT2D eigenvalue weighted by molar-refractivity contribution is 0.174. The second kappa shape index (κ2) is 10.4. The molecule has 0 aliphatic carbocycles. The van der Waals surface area contributed by atoms with Crippen LogP contribution in [-0.4, -0.2) is 19.4 Å². The van der Waals surface area contributed by atoms with Crippen molar-refractivity contribution >= 4 is 0 Å². The van der Waals surface area contributed by atoms with E-state index in [2.05, 4.69) is 59.9 Å². The van der Waals surface area contributed by atoms with Crippen LogP contribution in [0.15, 0.2) is 72.8 Å². The van der Waals surface area contributed by atoms with Crippen LogP contribution in [0.5, 0.6) is 17.2 Å². The third-order valence-electron chi connectivity index (χ3n) is 5.49. The van der Waals surface area contributed by atoms with Crippen molar-refractivity contribution in [2.24, 2.45) is 0 Å². The zero-order chi connectivity index (χ0) is 21.5. The highest BCUT2D eigenvalue weighted by Gasteiger charge is 2.18. The summed E-state index contributed by atoms with van der Waals surface area (Å²) in [7, 11) is 0. The van der Waals surface area contributed by atoms with Gasteiger partial charge in [0.2, 0.25) is 6.79 Å². The van der Waals surface area contributed by atoms with Crippen LogP contribution in [0.25, 0.3) is 0 Å². The fraction of sp³-hybridized carbons (Fsp3) is 0.333. The normalized spacial score (nSPS) is 13.4. The van der Waals surface area contributed by atoms with E-state index in [1.807, 2.05) is 32.0 Å². The van der Waals surface area contributed by atoms with Crippen molar-refractivity contribution in [1.82, 2.24) is 5.32 Å². The summed E-state index contributed by atoms with van der Waals surface area (Å²) >= 11 is 0. The highest BCUT2D eigenvalue weighted by atomic mass is 16.7. The molecular weight excluding hydrogens is 386 g/mol. The van der Waals surface area contributed by atoms with Gasteiger partial charge in [-0.15, -0.1) is 0 Å². The molecule has 0 aromatic heterocycles. The molecule has 3 aromatic rings. The third-order valence-corrected chi connectivity index (χ3v) is 5.49. The Hall–Kier alpha value is -2.98. The number of benzene rings is 3. The molecule has 0 fully saturated rings. The highest BCUT2D eigenvalue weighted by Crippen LogP contribution is 2.36. The molecule has 0 saturated carbocycles. The molecule has 31 heavy (non-hydrogen) atoms. The van der Waals surface area contributed by atoms with Gasteiger partial charge in [-0.2, -0.15) is 0 Å². The van der Waals surface area contributed by atoms with Crippen molar-refractivity contribution in [3.05, 3.63) is 89.5 Å². The van der Waals surface area contributed by atoms with Crippen molar-refractivity contribution < 1.29 is 14.2 Å². The molecule has 0 radical (unpaired) electrons. The number of rotatable bonds is 10. The first-order chi connectivity index (χ1) is 15.2. The molecule has 0 spiro atoms. The molecule has 1 aliphatic heterocycles. The predicted octanol–water partition coefficient (Wildman–Crippen LogP) is 5.71. The summed E-state index contributed by atoms with van der Waals surface area (Å²) in [4.78, 5) is 0. The molecule has 0 saturated heterocycles. The average Bonchev–Trinajstić information content (AvgIpc) is 3.25. The fourth-order valence-corrected chi connectivity index (χ4v) is 3.92. The van der Waals surface area contributed by atoms with Gasteiger partial charge in [0.1, 0.15) is 5.75 Å². The van der Waals surface area contributed by atoms with Crippen LogP contribution in [0.2, 0.25) is 0 Å². The Labute approximate surface area is 185 Å². The Kier molecular flexibility index (Phi) is 7.11. The smallest absolute Gasteiger partial charge is 0.231 e. The maximum atomic E-state index is 5.72.